The van der Waals surface area contributed by atoms with Gasteiger partial charge in [0.2, 0.25) is 0 Å². The molecule has 2 aromatic carbocycles. The molecular formula is C18H19BrO3. The lowest BCUT2D eigenvalue weighted by Gasteiger charge is -2.12. The zero-order valence-corrected chi connectivity index (χ0v) is 14.3. The Morgan fingerprint density at radius 2 is 1.86 bits per heavy atom. The average molecular weight is 363 g/mol. The third-order valence-corrected chi connectivity index (χ3v) is 3.62. The number of hydrogen-bond acceptors (Lipinski definition) is 3. The Labute approximate surface area is 139 Å². The minimum absolute atomic E-state index is 0.0833. The van der Waals surface area contributed by atoms with E-state index in [0.717, 1.165) is 15.8 Å². The van der Waals surface area contributed by atoms with E-state index in [0.29, 0.717) is 18.6 Å². The summed E-state index contributed by atoms with van der Waals surface area (Å²) < 4.78 is 11.7. The van der Waals surface area contributed by atoms with Gasteiger partial charge in [0.25, 0.3) is 0 Å². The predicted octanol–water partition coefficient (Wildman–Crippen LogP) is 4.64. The number of ether oxygens (including phenoxy) is 2. The molecule has 0 unspecified atom stereocenters. The van der Waals surface area contributed by atoms with Gasteiger partial charge >= 0.3 is 5.97 Å². The second-order valence-electron chi connectivity index (χ2n) is 5.18. The topological polar surface area (TPSA) is 35.5 Å². The quantitative estimate of drug-likeness (QED) is 0.702. The molecule has 0 N–H and O–H groups in total. The van der Waals surface area contributed by atoms with Crippen molar-refractivity contribution in [1.82, 2.24) is 0 Å². The van der Waals surface area contributed by atoms with Crippen molar-refractivity contribution in [3.05, 3.63) is 64.1 Å². The summed E-state index contributed by atoms with van der Waals surface area (Å²) in [6, 6.07) is 15.2. The van der Waals surface area contributed by atoms with Crippen LogP contribution in [0.15, 0.2) is 53.0 Å². The van der Waals surface area contributed by atoms with E-state index in [1.165, 1.54) is 0 Å². The van der Waals surface area contributed by atoms with Crippen LogP contribution in [0.5, 0.6) is 5.75 Å². The molecule has 0 radical (unpaired) electrons. The fourth-order valence-electron chi connectivity index (χ4n) is 1.97. The molecule has 0 saturated heterocycles. The number of halogens is 1. The van der Waals surface area contributed by atoms with Crippen molar-refractivity contribution in [2.45, 2.75) is 26.4 Å². The Morgan fingerprint density at radius 3 is 2.50 bits per heavy atom. The molecule has 0 atom stereocenters. The standard InChI is InChI=1S/C18H19BrO3/c1-13(2)22-17-9-8-15(12-16(17)19)18(20)21-11-10-14-6-4-3-5-7-14/h3-9,12-13H,10-11H2,1-2H3. The summed E-state index contributed by atoms with van der Waals surface area (Å²) in [5.74, 6) is 0.392. The molecule has 2 rings (SSSR count). The summed E-state index contributed by atoms with van der Waals surface area (Å²) in [5.41, 5.74) is 1.66. The van der Waals surface area contributed by atoms with Gasteiger partial charge < -0.3 is 9.47 Å². The minimum Gasteiger partial charge on any atom is -0.490 e. The number of carbonyl (C=O) groups is 1. The van der Waals surface area contributed by atoms with Gasteiger partial charge in [-0.2, -0.15) is 0 Å². The third-order valence-electron chi connectivity index (χ3n) is 3.00. The zero-order chi connectivity index (χ0) is 15.9. The van der Waals surface area contributed by atoms with E-state index in [1.54, 1.807) is 18.2 Å². The van der Waals surface area contributed by atoms with E-state index in [9.17, 15) is 4.79 Å². The largest absolute Gasteiger partial charge is 0.490 e. The molecule has 0 aliphatic rings. The molecule has 0 amide bonds. The number of benzene rings is 2. The van der Waals surface area contributed by atoms with Crippen molar-refractivity contribution in [1.29, 1.82) is 0 Å². The van der Waals surface area contributed by atoms with Gasteiger partial charge in [-0.15, -0.1) is 0 Å². The number of esters is 1. The van der Waals surface area contributed by atoms with Gasteiger partial charge in [0.05, 0.1) is 22.7 Å². The average Bonchev–Trinajstić information content (AvgIpc) is 2.50. The van der Waals surface area contributed by atoms with Crippen LogP contribution >= 0.6 is 15.9 Å². The second kappa shape index (κ2) is 7.99. The molecule has 0 aliphatic heterocycles. The van der Waals surface area contributed by atoms with Crippen LogP contribution in [0.1, 0.15) is 29.8 Å². The van der Waals surface area contributed by atoms with Crippen LogP contribution in [0.3, 0.4) is 0 Å². The van der Waals surface area contributed by atoms with Crippen LogP contribution < -0.4 is 4.74 Å². The van der Waals surface area contributed by atoms with Gasteiger partial charge in [-0.25, -0.2) is 4.79 Å². The predicted molar refractivity (Wildman–Crippen MR) is 90.3 cm³/mol. The molecule has 0 fully saturated rings. The lowest BCUT2D eigenvalue weighted by Crippen LogP contribution is -2.09. The highest BCUT2D eigenvalue weighted by molar-refractivity contribution is 9.10. The fraction of sp³-hybridized carbons (Fsp3) is 0.278. The maximum Gasteiger partial charge on any atom is 0.338 e. The summed E-state index contributed by atoms with van der Waals surface area (Å²) in [7, 11) is 0. The molecule has 0 aliphatic carbocycles. The molecule has 116 valence electrons. The highest BCUT2D eigenvalue weighted by atomic mass is 79.9. The Balaban J connectivity index is 1.91. The minimum atomic E-state index is -0.326. The first-order valence-electron chi connectivity index (χ1n) is 7.23. The molecule has 2 aromatic rings. The highest BCUT2D eigenvalue weighted by Gasteiger charge is 2.11. The van der Waals surface area contributed by atoms with Crippen LogP contribution in [0, 0.1) is 0 Å². The van der Waals surface area contributed by atoms with Crippen molar-refractivity contribution < 1.29 is 14.3 Å². The Bertz CT molecular complexity index is 623. The smallest absolute Gasteiger partial charge is 0.338 e. The van der Waals surface area contributed by atoms with Crippen LogP contribution in [0.2, 0.25) is 0 Å². The van der Waals surface area contributed by atoms with Gasteiger partial charge in [0.15, 0.2) is 0 Å². The maximum absolute atomic E-state index is 12.0. The second-order valence-corrected chi connectivity index (χ2v) is 6.04. The Kier molecular flexibility index (Phi) is 6.01. The molecule has 0 bridgehead atoms. The SMILES string of the molecule is CC(C)Oc1ccc(C(=O)OCCc2ccccc2)cc1Br. The van der Waals surface area contributed by atoms with E-state index >= 15 is 0 Å². The molecule has 3 nitrogen and oxygen atoms in total. The number of carbonyl (C=O) groups excluding carboxylic acids is 1. The fourth-order valence-corrected chi connectivity index (χ4v) is 2.44. The van der Waals surface area contributed by atoms with Crippen LogP contribution in [0.25, 0.3) is 0 Å². The van der Waals surface area contributed by atoms with Crippen LogP contribution in [-0.4, -0.2) is 18.7 Å². The number of rotatable bonds is 6. The first-order chi connectivity index (χ1) is 10.6. The van der Waals surface area contributed by atoms with Gasteiger partial charge in [0.1, 0.15) is 5.75 Å². The molecule has 4 heteroatoms. The summed E-state index contributed by atoms with van der Waals surface area (Å²) in [4.78, 5) is 12.0. The third kappa shape index (κ3) is 4.88. The molecular weight excluding hydrogens is 344 g/mol. The van der Waals surface area contributed by atoms with Gasteiger partial charge in [0, 0.05) is 6.42 Å². The van der Waals surface area contributed by atoms with Crippen molar-refractivity contribution in [3.8, 4) is 5.75 Å². The summed E-state index contributed by atoms with van der Waals surface area (Å²) in [6.45, 7) is 4.28. The van der Waals surface area contributed by atoms with Gasteiger partial charge in [-0.3, -0.25) is 0 Å². The highest BCUT2D eigenvalue weighted by Crippen LogP contribution is 2.27. The molecule has 0 heterocycles. The van der Waals surface area contributed by atoms with Crippen LogP contribution in [0.4, 0.5) is 0 Å². The van der Waals surface area contributed by atoms with Gasteiger partial charge in [-0.1, -0.05) is 30.3 Å². The molecule has 0 aromatic heterocycles. The van der Waals surface area contributed by atoms with Crippen molar-refractivity contribution in [2.24, 2.45) is 0 Å². The first-order valence-corrected chi connectivity index (χ1v) is 8.03. The Morgan fingerprint density at radius 1 is 1.14 bits per heavy atom. The van der Waals surface area contributed by atoms with Crippen molar-refractivity contribution >= 4 is 21.9 Å². The van der Waals surface area contributed by atoms with Gasteiger partial charge in [-0.05, 0) is 53.5 Å². The lowest BCUT2D eigenvalue weighted by molar-refractivity contribution is 0.0509. The normalized spacial score (nSPS) is 10.5. The monoisotopic (exact) mass is 362 g/mol. The maximum atomic E-state index is 12.0. The molecule has 0 spiro atoms. The summed E-state index contributed by atoms with van der Waals surface area (Å²) in [5, 5.41) is 0. The van der Waals surface area contributed by atoms with E-state index in [1.807, 2.05) is 44.2 Å². The molecule has 22 heavy (non-hydrogen) atoms. The van der Waals surface area contributed by atoms with E-state index in [2.05, 4.69) is 15.9 Å². The zero-order valence-electron chi connectivity index (χ0n) is 12.7. The summed E-state index contributed by atoms with van der Waals surface area (Å²) >= 11 is 3.42. The van der Waals surface area contributed by atoms with E-state index in [-0.39, 0.29) is 12.1 Å². The molecule has 0 saturated carbocycles. The first kappa shape index (κ1) is 16.6. The van der Waals surface area contributed by atoms with E-state index in [4.69, 9.17) is 9.47 Å². The Hall–Kier alpha value is -1.81. The van der Waals surface area contributed by atoms with Crippen LogP contribution in [-0.2, 0) is 11.2 Å². The van der Waals surface area contributed by atoms with E-state index < -0.39 is 0 Å². The van der Waals surface area contributed by atoms with Crippen molar-refractivity contribution in [2.75, 3.05) is 6.61 Å². The summed E-state index contributed by atoms with van der Waals surface area (Å²) in [6.07, 6.45) is 0.794. The number of hydrogen-bond donors (Lipinski definition) is 0. The lowest BCUT2D eigenvalue weighted by atomic mass is 10.2. The van der Waals surface area contributed by atoms with Crippen molar-refractivity contribution in [3.63, 3.8) is 0 Å².